The van der Waals surface area contributed by atoms with Gasteiger partial charge in [0.15, 0.2) is 9.84 Å². The lowest BCUT2D eigenvalue weighted by atomic mass is 9.99. The van der Waals surface area contributed by atoms with Crippen molar-refractivity contribution in [3.8, 4) is 0 Å². The molecule has 1 atom stereocenters. The molecule has 2 aromatic heterocycles. The van der Waals surface area contributed by atoms with Crippen molar-refractivity contribution in [2.75, 3.05) is 5.75 Å². The number of rotatable bonds is 6. The molecule has 3 heterocycles. The van der Waals surface area contributed by atoms with Crippen molar-refractivity contribution >= 4 is 21.8 Å². The van der Waals surface area contributed by atoms with Crippen molar-refractivity contribution in [3.05, 3.63) is 53.1 Å². The van der Waals surface area contributed by atoms with E-state index in [4.69, 9.17) is 4.74 Å². The Kier molecular flexibility index (Phi) is 7.30. The molecule has 0 spiro atoms. The minimum Gasteiger partial charge on any atom is -0.444 e. The van der Waals surface area contributed by atoms with Crippen LogP contribution in [-0.4, -0.2) is 46.6 Å². The number of pyridine rings is 2. The van der Waals surface area contributed by atoms with Gasteiger partial charge in [0, 0.05) is 12.4 Å². The summed E-state index contributed by atoms with van der Waals surface area (Å²) in [4.78, 5) is 36.0. The van der Waals surface area contributed by atoms with Crippen LogP contribution in [0.15, 0.2) is 35.5 Å². The van der Waals surface area contributed by atoms with Crippen LogP contribution in [0.1, 0.15) is 74.9 Å². The van der Waals surface area contributed by atoms with E-state index >= 15 is 0 Å². The highest BCUT2D eigenvalue weighted by Crippen LogP contribution is 2.38. The normalized spacial score (nSPS) is 15.9. The topological polar surface area (TPSA) is 119 Å². The Bertz CT molecular complexity index is 1170. The van der Waals surface area contributed by atoms with E-state index in [-0.39, 0.29) is 35.1 Å². The molecule has 0 bridgehead atoms. The molecular formula is C24H32N4O5S. The van der Waals surface area contributed by atoms with E-state index in [0.717, 1.165) is 11.3 Å². The molecule has 184 valence electrons. The standard InChI is InChI=1S/C24H32N4O5S/c1-7-34(31,32)19-9-8-18(25-13-19)12-27-22(29)16-10-17-14-28(23(30)33-24(4,5)6)21(15(2)3)20(17)26-11-16/h8-11,13,15,21H,7,12,14H2,1-6H3,(H,27,29). The zero-order valence-electron chi connectivity index (χ0n) is 20.5. The smallest absolute Gasteiger partial charge is 0.411 e. The van der Waals surface area contributed by atoms with Gasteiger partial charge in [-0.2, -0.15) is 0 Å². The Morgan fingerprint density at radius 3 is 2.47 bits per heavy atom. The quantitative estimate of drug-likeness (QED) is 0.659. The Hall–Kier alpha value is -3.01. The molecule has 2 aromatic rings. The van der Waals surface area contributed by atoms with Crippen LogP contribution in [0.25, 0.3) is 0 Å². The minimum absolute atomic E-state index is 0.000879. The maximum absolute atomic E-state index is 12.8. The van der Waals surface area contributed by atoms with Gasteiger partial charge in [0.25, 0.3) is 5.91 Å². The van der Waals surface area contributed by atoms with E-state index in [1.165, 1.54) is 18.5 Å². The summed E-state index contributed by atoms with van der Waals surface area (Å²) in [6.45, 7) is 11.5. The number of nitrogens with one attached hydrogen (secondary N) is 1. The van der Waals surface area contributed by atoms with E-state index in [2.05, 4.69) is 15.3 Å². The molecule has 0 fully saturated rings. The van der Waals surface area contributed by atoms with E-state index in [1.54, 1.807) is 24.0 Å². The molecule has 1 aliphatic rings. The van der Waals surface area contributed by atoms with Gasteiger partial charge in [-0.1, -0.05) is 20.8 Å². The third-order valence-corrected chi connectivity index (χ3v) is 7.17. The number of hydrogen-bond acceptors (Lipinski definition) is 7. The van der Waals surface area contributed by atoms with Crippen molar-refractivity contribution in [2.45, 2.75) is 71.2 Å². The first-order valence-corrected chi connectivity index (χ1v) is 12.9. The van der Waals surface area contributed by atoms with E-state index < -0.39 is 21.5 Å². The van der Waals surface area contributed by atoms with Gasteiger partial charge in [-0.05, 0) is 50.5 Å². The second-order valence-corrected chi connectivity index (χ2v) is 11.9. The predicted octanol–water partition coefficient (Wildman–Crippen LogP) is 3.65. The van der Waals surface area contributed by atoms with Crippen molar-refractivity contribution in [2.24, 2.45) is 5.92 Å². The number of ether oxygens (including phenoxy) is 1. The molecule has 1 unspecified atom stereocenters. The second-order valence-electron chi connectivity index (χ2n) is 9.64. The van der Waals surface area contributed by atoms with Crippen molar-refractivity contribution < 1.29 is 22.7 Å². The van der Waals surface area contributed by atoms with Gasteiger partial charge in [0.2, 0.25) is 0 Å². The molecule has 9 nitrogen and oxygen atoms in total. The van der Waals surface area contributed by atoms with Gasteiger partial charge in [-0.25, -0.2) is 13.2 Å². The number of aromatic nitrogens is 2. The summed E-state index contributed by atoms with van der Waals surface area (Å²) in [6, 6.07) is 4.59. The average Bonchev–Trinajstić information content (AvgIpc) is 3.16. The van der Waals surface area contributed by atoms with Gasteiger partial charge in [-0.15, -0.1) is 0 Å². The summed E-state index contributed by atoms with van der Waals surface area (Å²) in [7, 11) is -3.32. The lowest BCUT2D eigenvalue weighted by Gasteiger charge is -2.30. The summed E-state index contributed by atoms with van der Waals surface area (Å²) in [5, 5.41) is 2.78. The molecule has 0 saturated heterocycles. The Morgan fingerprint density at radius 1 is 1.21 bits per heavy atom. The third-order valence-electron chi connectivity index (χ3n) is 5.45. The molecule has 0 radical (unpaired) electrons. The highest BCUT2D eigenvalue weighted by Gasteiger charge is 2.39. The fourth-order valence-corrected chi connectivity index (χ4v) is 4.60. The lowest BCUT2D eigenvalue weighted by Crippen LogP contribution is -2.37. The van der Waals surface area contributed by atoms with Crippen LogP contribution in [-0.2, 0) is 27.7 Å². The van der Waals surface area contributed by atoms with Gasteiger partial charge < -0.3 is 10.1 Å². The second kappa shape index (κ2) is 9.69. The number of carbonyl (C=O) groups excluding carboxylic acids is 2. The highest BCUT2D eigenvalue weighted by atomic mass is 32.2. The number of nitrogens with zero attached hydrogens (tertiary/aromatic N) is 3. The van der Waals surface area contributed by atoms with Crippen molar-refractivity contribution in [1.29, 1.82) is 0 Å². The fraction of sp³-hybridized carbons (Fsp3) is 0.500. The number of sulfone groups is 1. The third kappa shape index (κ3) is 5.72. The molecule has 1 N–H and O–H groups in total. The number of amides is 2. The molecule has 0 aliphatic carbocycles. The first-order valence-electron chi connectivity index (χ1n) is 11.3. The minimum atomic E-state index is -3.32. The zero-order chi connectivity index (χ0) is 25.3. The lowest BCUT2D eigenvalue weighted by molar-refractivity contribution is 0.0124. The van der Waals surface area contributed by atoms with Gasteiger partial charge >= 0.3 is 6.09 Å². The number of hydrogen-bond donors (Lipinski definition) is 1. The first kappa shape index (κ1) is 25.6. The monoisotopic (exact) mass is 488 g/mol. The van der Waals surface area contributed by atoms with Gasteiger partial charge in [0.1, 0.15) is 5.60 Å². The van der Waals surface area contributed by atoms with Crippen LogP contribution in [0, 0.1) is 5.92 Å². The average molecular weight is 489 g/mol. The SMILES string of the molecule is CCS(=O)(=O)c1ccc(CNC(=O)c2cnc3c(c2)CN(C(=O)OC(C)(C)C)C3C(C)C)nc1. The Balaban J connectivity index is 1.72. The van der Waals surface area contributed by atoms with Crippen LogP contribution in [0.2, 0.25) is 0 Å². The predicted molar refractivity (Wildman–Crippen MR) is 127 cm³/mol. The molecule has 0 saturated carbocycles. The van der Waals surface area contributed by atoms with Crippen molar-refractivity contribution in [3.63, 3.8) is 0 Å². The van der Waals surface area contributed by atoms with E-state index in [1.807, 2.05) is 34.6 Å². The summed E-state index contributed by atoms with van der Waals surface area (Å²) < 4.78 is 29.4. The van der Waals surface area contributed by atoms with Gasteiger partial charge in [-0.3, -0.25) is 19.7 Å². The van der Waals surface area contributed by atoms with E-state index in [0.29, 0.717) is 17.8 Å². The molecule has 2 amide bonds. The van der Waals surface area contributed by atoms with Crippen LogP contribution in [0.3, 0.4) is 0 Å². The maximum atomic E-state index is 12.8. The maximum Gasteiger partial charge on any atom is 0.411 e. The Labute approximate surface area is 200 Å². The largest absolute Gasteiger partial charge is 0.444 e. The summed E-state index contributed by atoms with van der Waals surface area (Å²) in [5.74, 6) is -0.218. The zero-order valence-corrected chi connectivity index (χ0v) is 21.3. The summed E-state index contributed by atoms with van der Waals surface area (Å²) in [6.07, 6.45) is 2.40. The van der Waals surface area contributed by atoms with E-state index in [9.17, 15) is 18.0 Å². The van der Waals surface area contributed by atoms with Crippen LogP contribution in [0.5, 0.6) is 0 Å². The molecule has 1 aliphatic heterocycles. The van der Waals surface area contributed by atoms with Gasteiger partial charge in [0.05, 0.1) is 46.7 Å². The number of fused-ring (bicyclic) bond motifs is 1. The molecule has 3 rings (SSSR count). The van der Waals surface area contributed by atoms with Crippen LogP contribution >= 0.6 is 0 Å². The van der Waals surface area contributed by atoms with Crippen LogP contribution in [0.4, 0.5) is 4.79 Å². The van der Waals surface area contributed by atoms with Crippen molar-refractivity contribution in [1.82, 2.24) is 20.2 Å². The molecular weight excluding hydrogens is 456 g/mol. The molecule has 10 heteroatoms. The molecule has 0 aromatic carbocycles. The highest BCUT2D eigenvalue weighted by molar-refractivity contribution is 7.91. The first-order chi connectivity index (χ1) is 15.8. The molecule has 34 heavy (non-hydrogen) atoms. The number of carbonyl (C=O) groups is 2. The summed E-state index contributed by atoms with van der Waals surface area (Å²) >= 11 is 0. The van der Waals surface area contributed by atoms with Crippen LogP contribution < -0.4 is 5.32 Å². The Morgan fingerprint density at radius 2 is 1.91 bits per heavy atom. The summed E-state index contributed by atoms with van der Waals surface area (Å²) in [5.41, 5.74) is 1.88. The fourth-order valence-electron chi connectivity index (χ4n) is 3.78.